The van der Waals surface area contributed by atoms with E-state index in [0.717, 1.165) is 51.4 Å². The van der Waals surface area contributed by atoms with Crippen molar-refractivity contribution in [3.8, 4) is 0 Å². The van der Waals surface area contributed by atoms with Gasteiger partial charge in [-0.2, -0.15) is 4.31 Å². The molecule has 2 unspecified atom stereocenters. The van der Waals surface area contributed by atoms with Crippen molar-refractivity contribution in [2.75, 3.05) is 51.3 Å². The summed E-state index contributed by atoms with van der Waals surface area (Å²) in [6.07, 6.45) is 1.09. The highest BCUT2D eigenvalue weighted by Gasteiger charge is 2.57. The molecule has 2 heterocycles. The van der Waals surface area contributed by atoms with Gasteiger partial charge in [-0.1, -0.05) is 39.0 Å². The maximum absolute atomic E-state index is 13.2. The predicted molar refractivity (Wildman–Crippen MR) is 145 cm³/mol. The van der Waals surface area contributed by atoms with Crippen molar-refractivity contribution in [3.05, 3.63) is 59.2 Å². The van der Waals surface area contributed by atoms with Crippen LogP contribution in [0.3, 0.4) is 0 Å². The van der Waals surface area contributed by atoms with Gasteiger partial charge in [0.1, 0.15) is 0 Å². The average molecular weight is 512 g/mol. The minimum atomic E-state index is -3.42. The van der Waals surface area contributed by atoms with Crippen LogP contribution < -0.4 is 5.32 Å². The molecule has 7 heteroatoms. The first-order valence-electron chi connectivity index (χ1n) is 13.4. The number of ether oxygens (including phenoxy) is 1. The molecule has 0 aromatic heterocycles. The quantitative estimate of drug-likeness (QED) is 0.507. The van der Waals surface area contributed by atoms with Crippen LogP contribution in [0.25, 0.3) is 0 Å². The number of anilines is 1. The van der Waals surface area contributed by atoms with Gasteiger partial charge in [-0.15, -0.1) is 0 Å². The van der Waals surface area contributed by atoms with E-state index in [-0.39, 0.29) is 5.41 Å². The van der Waals surface area contributed by atoms with Crippen LogP contribution in [-0.4, -0.2) is 63.6 Å². The van der Waals surface area contributed by atoms with Crippen LogP contribution in [0.1, 0.15) is 44.4 Å². The molecule has 1 aliphatic carbocycles. The third-order valence-corrected chi connectivity index (χ3v) is 10.1. The normalized spacial score (nSPS) is 24.4. The van der Waals surface area contributed by atoms with Gasteiger partial charge in [0.05, 0.1) is 11.5 Å². The predicted octanol–water partition coefficient (Wildman–Crippen LogP) is 4.36. The highest BCUT2D eigenvalue weighted by Crippen LogP contribution is 2.52. The smallest absolute Gasteiger partial charge is 0.243 e. The van der Waals surface area contributed by atoms with Crippen LogP contribution in [0.2, 0.25) is 0 Å². The number of hydrogen-bond acceptors (Lipinski definition) is 5. The van der Waals surface area contributed by atoms with Crippen molar-refractivity contribution in [1.82, 2.24) is 9.21 Å². The number of benzene rings is 2. The van der Waals surface area contributed by atoms with Crippen LogP contribution in [0, 0.1) is 17.8 Å². The molecule has 36 heavy (non-hydrogen) atoms. The standard InChI is InChI=1S/C29H41N3O3S/c1-5-35-15-14-31-13-12-21-6-9-24(16-22(21)18-31)30-17-26-27-19-32(20-28(26)27)36(33,34)25-10-7-23(8-11-25)29(2,3)4/h6-11,16,26-28,30H,5,12-15,17-20H2,1-4H3. The highest BCUT2D eigenvalue weighted by molar-refractivity contribution is 7.89. The Labute approximate surface area is 217 Å². The lowest BCUT2D eigenvalue weighted by atomic mass is 9.87. The van der Waals surface area contributed by atoms with Crippen LogP contribution in [-0.2, 0) is 33.1 Å². The number of piperidine rings is 1. The van der Waals surface area contributed by atoms with Gasteiger partial charge < -0.3 is 10.1 Å². The summed E-state index contributed by atoms with van der Waals surface area (Å²) in [6.45, 7) is 15.3. The first kappa shape index (κ1) is 25.7. The summed E-state index contributed by atoms with van der Waals surface area (Å²) in [7, 11) is -3.42. The van der Waals surface area contributed by atoms with E-state index in [0.29, 0.717) is 35.7 Å². The van der Waals surface area contributed by atoms with Crippen LogP contribution in [0.15, 0.2) is 47.4 Å². The lowest BCUT2D eigenvalue weighted by Gasteiger charge is -2.29. The fraction of sp³-hybridized carbons (Fsp3) is 0.586. The van der Waals surface area contributed by atoms with Gasteiger partial charge in [0.15, 0.2) is 0 Å². The third-order valence-electron chi connectivity index (χ3n) is 8.29. The molecule has 0 radical (unpaired) electrons. The van der Waals surface area contributed by atoms with Gasteiger partial charge in [0.25, 0.3) is 0 Å². The molecule has 196 valence electrons. The molecule has 0 spiro atoms. The average Bonchev–Trinajstić information content (AvgIpc) is 3.29. The summed E-state index contributed by atoms with van der Waals surface area (Å²) < 4.78 is 33.6. The minimum Gasteiger partial charge on any atom is -0.385 e. The molecule has 2 atom stereocenters. The Kier molecular flexibility index (Phi) is 7.20. The molecule has 2 aliphatic heterocycles. The number of fused-ring (bicyclic) bond motifs is 2. The Balaban J connectivity index is 1.13. The van der Waals surface area contributed by atoms with E-state index >= 15 is 0 Å². The van der Waals surface area contributed by atoms with Crippen molar-refractivity contribution < 1.29 is 13.2 Å². The zero-order valence-electron chi connectivity index (χ0n) is 22.2. The first-order chi connectivity index (χ1) is 17.2. The van der Waals surface area contributed by atoms with E-state index < -0.39 is 10.0 Å². The van der Waals surface area contributed by atoms with E-state index in [9.17, 15) is 8.42 Å². The molecule has 5 rings (SSSR count). The topological polar surface area (TPSA) is 61.9 Å². The van der Waals surface area contributed by atoms with E-state index in [4.69, 9.17) is 4.74 Å². The Morgan fingerprint density at radius 2 is 1.75 bits per heavy atom. The fourth-order valence-electron chi connectivity index (χ4n) is 5.88. The van der Waals surface area contributed by atoms with Gasteiger partial charge in [-0.25, -0.2) is 8.42 Å². The van der Waals surface area contributed by atoms with Gasteiger partial charge in [-0.3, -0.25) is 4.90 Å². The second-order valence-corrected chi connectivity index (χ2v) is 13.6. The Bertz CT molecular complexity index is 1160. The largest absolute Gasteiger partial charge is 0.385 e. The Morgan fingerprint density at radius 1 is 1.03 bits per heavy atom. The molecule has 0 bridgehead atoms. The number of nitrogens with one attached hydrogen (secondary N) is 1. The first-order valence-corrected chi connectivity index (χ1v) is 14.9. The van der Waals surface area contributed by atoms with Crippen LogP contribution in [0.4, 0.5) is 5.69 Å². The van der Waals surface area contributed by atoms with E-state index in [1.807, 2.05) is 19.1 Å². The third kappa shape index (κ3) is 5.35. The van der Waals surface area contributed by atoms with Crippen LogP contribution in [0.5, 0.6) is 0 Å². The minimum absolute atomic E-state index is 0.0127. The maximum atomic E-state index is 13.2. The van der Waals surface area contributed by atoms with Gasteiger partial charge in [0.2, 0.25) is 10.0 Å². The Morgan fingerprint density at radius 3 is 2.42 bits per heavy atom. The number of nitrogens with zero attached hydrogens (tertiary/aromatic N) is 2. The Hall–Kier alpha value is -1.93. The van der Waals surface area contributed by atoms with Crippen molar-refractivity contribution in [2.45, 2.75) is 51.0 Å². The van der Waals surface area contributed by atoms with E-state index in [2.05, 4.69) is 49.2 Å². The zero-order valence-corrected chi connectivity index (χ0v) is 23.0. The molecule has 3 aliphatic rings. The lowest BCUT2D eigenvalue weighted by Crippen LogP contribution is -2.33. The number of rotatable bonds is 9. The molecule has 1 N–H and O–H groups in total. The molecule has 2 aromatic rings. The number of sulfonamides is 1. The molecule has 1 saturated heterocycles. The summed E-state index contributed by atoms with van der Waals surface area (Å²) >= 11 is 0. The molecular formula is C29H41N3O3S. The summed E-state index contributed by atoms with van der Waals surface area (Å²) in [4.78, 5) is 2.88. The summed E-state index contributed by atoms with van der Waals surface area (Å²) in [5.74, 6) is 1.49. The second kappa shape index (κ2) is 10.1. The van der Waals surface area contributed by atoms with Crippen molar-refractivity contribution in [2.24, 2.45) is 17.8 Å². The summed E-state index contributed by atoms with van der Waals surface area (Å²) in [5.41, 5.74) is 5.20. The molecule has 2 fully saturated rings. The molecule has 0 amide bonds. The fourth-order valence-corrected chi connectivity index (χ4v) is 7.39. The van der Waals surface area contributed by atoms with Gasteiger partial charge in [0, 0.05) is 51.6 Å². The molecule has 6 nitrogen and oxygen atoms in total. The van der Waals surface area contributed by atoms with Gasteiger partial charge in [-0.05, 0) is 77.5 Å². The summed E-state index contributed by atoms with van der Waals surface area (Å²) in [5, 5.41) is 3.65. The second-order valence-electron chi connectivity index (χ2n) is 11.7. The SMILES string of the molecule is CCOCCN1CCc2ccc(NCC3C4CN(S(=O)(=O)c5ccc(C(C)(C)C)cc5)CC34)cc2C1. The van der Waals surface area contributed by atoms with Crippen molar-refractivity contribution >= 4 is 15.7 Å². The number of hydrogen-bond donors (Lipinski definition) is 1. The molecular weight excluding hydrogens is 470 g/mol. The zero-order chi connectivity index (χ0) is 25.5. The van der Waals surface area contributed by atoms with Gasteiger partial charge >= 0.3 is 0 Å². The van der Waals surface area contributed by atoms with E-state index in [1.165, 1.54) is 16.8 Å². The molecule has 1 saturated carbocycles. The monoisotopic (exact) mass is 511 g/mol. The van der Waals surface area contributed by atoms with E-state index in [1.54, 1.807) is 16.4 Å². The lowest BCUT2D eigenvalue weighted by molar-refractivity contribution is 0.108. The maximum Gasteiger partial charge on any atom is 0.243 e. The van der Waals surface area contributed by atoms with Crippen molar-refractivity contribution in [3.63, 3.8) is 0 Å². The van der Waals surface area contributed by atoms with Crippen molar-refractivity contribution in [1.29, 1.82) is 0 Å². The molecule has 2 aromatic carbocycles. The van der Waals surface area contributed by atoms with Crippen LogP contribution >= 0.6 is 0 Å². The summed E-state index contributed by atoms with van der Waals surface area (Å²) in [6, 6.07) is 14.2. The highest BCUT2D eigenvalue weighted by atomic mass is 32.2.